The van der Waals surface area contributed by atoms with Gasteiger partial charge in [0.05, 0.1) is 5.56 Å². The van der Waals surface area contributed by atoms with Gasteiger partial charge in [0.1, 0.15) is 17.6 Å². The zero-order valence-corrected chi connectivity index (χ0v) is 22.1. The molecule has 0 aromatic carbocycles. The van der Waals surface area contributed by atoms with Crippen molar-refractivity contribution in [3.05, 3.63) is 64.8 Å². The average Bonchev–Trinajstić information content (AvgIpc) is 3.82. The highest BCUT2D eigenvalue weighted by Gasteiger charge is 2.48. The largest absolute Gasteiger partial charge is 0.618 e. The van der Waals surface area contributed by atoms with Gasteiger partial charge < -0.3 is 15.8 Å². The molecule has 10 heteroatoms. The number of pyridine rings is 2. The number of amides is 2. The molecule has 0 spiro atoms. The normalized spacial score (nSPS) is 16.1. The highest BCUT2D eigenvalue weighted by atomic mass is 19.1. The molecule has 0 saturated heterocycles. The second-order valence-electron chi connectivity index (χ2n) is 10.8. The molecule has 2 aliphatic carbocycles. The highest BCUT2D eigenvalue weighted by Crippen LogP contribution is 2.51. The number of carbonyl (C=O) groups excluding carboxylic acids is 2. The highest BCUT2D eigenvalue weighted by molar-refractivity contribution is 6.00. The molecule has 200 valence electrons. The summed E-state index contributed by atoms with van der Waals surface area (Å²) in [5.74, 6) is -0.746. The van der Waals surface area contributed by atoms with Crippen molar-refractivity contribution < 1.29 is 18.7 Å². The summed E-state index contributed by atoms with van der Waals surface area (Å²) in [7, 11) is 0. The van der Waals surface area contributed by atoms with E-state index in [4.69, 9.17) is 0 Å². The Morgan fingerprint density at radius 2 is 1.79 bits per heavy atom. The number of rotatable bonds is 9. The second-order valence-corrected chi connectivity index (χ2v) is 10.8. The maximum absolute atomic E-state index is 15.2. The predicted molar refractivity (Wildman–Crippen MR) is 139 cm³/mol. The number of nitrogens with one attached hydrogen (secondary N) is 2. The molecule has 3 aromatic rings. The molecule has 2 saturated carbocycles. The van der Waals surface area contributed by atoms with Crippen LogP contribution in [0.1, 0.15) is 67.3 Å². The van der Waals surface area contributed by atoms with Crippen LogP contribution in [0.2, 0.25) is 0 Å². The number of hydrogen-bond acceptors (Lipinski definition) is 5. The molecule has 2 N–H and O–H groups in total. The van der Waals surface area contributed by atoms with Gasteiger partial charge in [0.25, 0.3) is 5.91 Å². The molecule has 0 radical (unpaired) electrons. The minimum Gasteiger partial charge on any atom is -0.618 e. The number of hydrogen-bond donors (Lipinski definition) is 2. The molecule has 38 heavy (non-hydrogen) atoms. The minimum atomic E-state index is -0.789. The number of aryl methyl sites for hydroxylation is 1. The lowest BCUT2D eigenvalue weighted by Gasteiger charge is -2.27. The van der Waals surface area contributed by atoms with Crippen molar-refractivity contribution >= 4 is 17.6 Å². The van der Waals surface area contributed by atoms with Crippen LogP contribution in [-0.2, 0) is 4.79 Å². The fourth-order valence-electron chi connectivity index (χ4n) is 5.42. The maximum atomic E-state index is 15.2. The summed E-state index contributed by atoms with van der Waals surface area (Å²) in [6.07, 6.45) is 7.07. The molecule has 9 nitrogen and oxygen atoms in total. The van der Waals surface area contributed by atoms with E-state index in [1.807, 2.05) is 13.8 Å². The lowest BCUT2D eigenvalue weighted by Crippen LogP contribution is -2.50. The molecule has 1 unspecified atom stereocenters. The van der Waals surface area contributed by atoms with E-state index in [1.165, 1.54) is 18.3 Å². The molecule has 2 amide bonds. The van der Waals surface area contributed by atoms with Gasteiger partial charge in [-0.3, -0.25) is 14.3 Å². The van der Waals surface area contributed by atoms with Crippen LogP contribution >= 0.6 is 0 Å². The fourth-order valence-corrected chi connectivity index (χ4v) is 5.42. The Hall–Kier alpha value is -3.82. The van der Waals surface area contributed by atoms with E-state index >= 15 is 4.39 Å². The van der Waals surface area contributed by atoms with Gasteiger partial charge >= 0.3 is 0 Å². The third-order valence-electron chi connectivity index (χ3n) is 7.59. The van der Waals surface area contributed by atoms with E-state index in [0.717, 1.165) is 31.2 Å². The summed E-state index contributed by atoms with van der Waals surface area (Å²) < 4.78 is 17.5. The molecule has 3 aromatic heterocycles. The van der Waals surface area contributed by atoms with Crippen LogP contribution in [-0.4, -0.2) is 32.6 Å². The van der Waals surface area contributed by atoms with Crippen molar-refractivity contribution in [2.24, 2.45) is 17.8 Å². The summed E-state index contributed by atoms with van der Waals surface area (Å²) in [6, 6.07) is 5.51. The van der Waals surface area contributed by atoms with E-state index in [1.54, 1.807) is 36.9 Å². The lowest BCUT2D eigenvalue weighted by molar-refractivity contribution is -0.611. The van der Waals surface area contributed by atoms with Crippen molar-refractivity contribution in [2.75, 3.05) is 5.32 Å². The molecule has 2 aliphatic rings. The Kier molecular flexibility index (Phi) is 6.90. The zero-order chi connectivity index (χ0) is 27.1. The molecular weight excluding hydrogens is 487 g/mol. The molecule has 2 fully saturated rings. The Labute approximate surface area is 221 Å². The van der Waals surface area contributed by atoms with Gasteiger partial charge in [-0.25, -0.2) is 4.98 Å². The van der Waals surface area contributed by atoms with Crippen molar-refractivity contribution in [2.45, 2.75) is 65.5 Å². The number of aromatic nitrogens is 4. The topological polar surface area (TPSA) is 116 Å². The smallest absolute Gasteiger partial charge is 0.270 e. The van der Waals surface area contributed by atoms with Crippen LogP contribution in [0.5, 0.6) is 0 Å². The third kappa shape index (κ3) is 5.12. The summed E-state index contributed by atoms with van der Waals surface area (Å²) in [4.78, 5) is 30.9. The third-order valence-corrected chi connectivity index (χ3v) is 7.59. The van der Waals surface area contributed by atoms with Crippen LogP contribution in [0, 0.1) is 42.8 Å². The molecule has 0 aliphatic heterocycles. The molecule has 3 heterocycles. The van der Waals surface area contributed by atoms with Gasteiger partial charge in [-0.1, -0.05) is 0 Å². The first kappa shape index (κ1) is 25.8. The van der Waals surface area contributed by atoms with Crippen LogP contribution in [0.15, 0.2) is 36.7 Å². The molecular formula is C28H33FN6O3. The van der Waals surface area contributed by atoms with Crippen molar-refractivity contribution in [1.82, 2.24) is 20.1 Å². The van der Waals surface area contributed by atoms with Gasteiger partial charge in [0.2, 0.25) is 11.9 Å². The Morgan fingerprint density at radius 3 is 2.39 bits per heavy atom. The standard InChI is InChI=1S/C28H33FN6O3/c1-15(2)35-21(11-13-30-35)27(36)33-25(24(18-5-6-18)19-7-8-19)28(37)32-22-10-9-20(26(29)31-22)23-16(3)12-14-34(38)17(23)4/h9-15,18-19,24-25H,5-8H2,1-4H3,(H,33,36)(H,31,32,37). The summed E-state index contributed by atoms with van der Waals surface area (Å²) in [5, 5.41) is 22.0. The lowest BCUT2D eigenvalue weighted by atomic mass is 9.88. The van der Waals surface area contributed by atoms with Crippen molar-refractivity contribution in [1.29, 1.82) is 0 Å². The van der Waals surface area contributed by atoms with Crippen LogP contribution in [0.25, 0.3) is 11.1 Å². The summed E-state index contributed by atoms with van der Waals surface area (Å²) in [5.41, 5.74) is 2.15. The fraction of sp³-hybridized carbons (Fsp3) is 0.464. The van der Waals surface area contributed by atoms with Crippen LogP contribution in [0.4, 0.5) is 10.2 Å². The maximum Gasteiger partial charge on any atom is 0.270 e. The van der Waals surface area contributed by atoms with E-state index in [2.05, 4.69) is 20.7 Å². The number of nitrogens with zero attached hydrogens (tertiary/aromatic N) is 4. The van der Waals surface area contributed by atoms with Crippen molar-refractivity contribution in [3.8, 4) is 11.1 Å². The van der Waals surface area contributed by atoms with Gasteiger partial charge in [-0.15, -0.1) is 0 Å². The molecule has 0 bridgehead atoms. The summed E-state index contributed by atoms with van der Waals surface area (Å²) >= 11 is 0. The number of anilines is 1. The predicted octanol–water partition coefficient (Wildman–Crippen LogP) is 4.09. The number of carbonyl (C=O) groups is 2. The SMILES string of the molecule is Cc1cc[n+]([O-])c(C)c1-c1ccc(NC(=O)C(NC(=O)c2ccnn2C(C)C)C(C2CC2)C2CC2)nc1F. The first-order chi connectivity index (χ1) is 18.2. The summed E-state index contributed by atoms with van der Waals surface area (Å²) in [6.45, 7) is 7.29. The van der Waals surface area contributed by atoms with Crippen LogP contribution < -0.4 is 15.4 Å². The number of halogens is 1. The van der Waals surface area contributed by atoms with E-state index in [9.17, 15) is 14.8 Å². The van der Waals surface area contributed by atoms with Crippen molar-refractivity contribution in [3.63, 3.8) is 0 Å². The van der Waals surface area contributed by atoms with Gasteiger partial charge in [0.15, 0.2) is 11.9 Å². The average molecular weight is 521 g/mol. The van der Waals surface area contributed by atoms with Gasteiger partial charge in [-0.05, 0) is 88.0 Å². The Balaban J connectivity index is 1.40. The van der Waals surface area contributed by atoms with Crippen LogP contribution in [0.3, 0.4) is 0 Å². The van der Waals surface area contributed by atoms with E-state index in [0.29, 0.717) is 33.5 Å². The van der Waals surface area contributed by atoms with E-state index < -0.39 is 17.9 Å². The first-order valence-electron chi connectivity index (χ1n) is 13.2. The second kappa shape index (κ2) is 10.2. The minimum absolute atomic E-state index is 0.0145. The zero-order valence-electron chi connectivity index (χ0n) is 22.1. The molecule has 5 rings (SSSR count). The van der Waals surface area contributed by atoms with Gasteiger partial charge in [-0.2, -0.15) is 14.2 Å². The first-order valence-corrected chi connectivity index (χ1v) is 13.2. The quantitative estimate of drug-likeness (QED) is 0.251. The Morgan fingerprint density at radius 1 is 1.11 bits per heavy atom. The van der Waals surface area contributed by atoms with E-state index in [-0.39, 0.29) is 29.2 Å². The Bertz CT molecular complexity index is 1370. The monoisotopic (exact) mass is 520 g/mol. The van der Waals surface area contributed by atoms with Gasteiger partial charge in [0, 0.05) is 30.8 Å². The molecule has 1 atom stereocenters.